The molecule has 0 aliphatic heterocycles. The van der Waals surface area contributed by atoms with E-state index < -0.39 is 0 Å². The molecule has 1 heterocycles. The average Bonchev–Trinajstić information content (AvgIpc) is 2.50. The molecule has 0 radical (unpaired) electrons. The molecule has 0 aliphatic carbocycles. The summed E-state index contributed by atoms with van der Waals surface area (Å²) in [6.45, 7) is 1.94. The monoisotopic (exact) mass is 288 g/mol. The zero-order chi connectivity index (χ0) is 11.2. The first-order chi connectivity index (χ1) is 7.06. The lowest BCUT2D eigenvalue weighted by atomic mass is 10.3. The molecular weight excluding hydrogens is 279 g/mol. The Morgan fingerprint density at radius 3 is 2.80 bits per heavy atom. The number of aromatic nitrogens is 2. The Hall–Kier alpha value is -0.740. The van der Waals surface area contributed by atoms with Crippen molar-refractivity contribution in [2.75, 3.05) is 7.11 Å². The smallest absolute Gasteiger partial charge is 0.136 e. The Bertz CT molecular complexity index is 536. The summed E-state index contributed by atoms with van der Waals surface area (Å²) in [6.07, 6.45) is 0. The van der Waals surface area contributed by atoms with Gasteiger partial charge in [0.2, 0.25) is 0 Å². The maximum atomic E-state index is 6.19. The second-order valence-electron chi connectivity index (χ2n) is 3.29. The van der Waals surface area contributed by atoms with Crippen LogP contribution >= 0.6 is 27.5 Å². The molecule has 0 amide bonds. The average molecular weight is 290 g/mol. The van der Waals surface area contributed by atoms with Crippen molar-refractivity contribution in [2.24, 2.45) is 7.05 Å². The highest BCUT2D eigenvalue weighted by atomic mass is 79.9. The first kappa shape index (κ1) is 10.8. The van der Waals surface area contributed by atoms with E-state index in [0.717, 1.165) is 27.1 Å². The second kappa shape index (κ2) is 3.68. The van der Waals surface area contributed by atoms with Gasteiger partial charge in [0.25, 0.3) is 0 Å². The van der Waals surface area contributed by atoms with Gasteiger partial charge >= 0.3 is 0 Å². The Balaban J connectivity index is 2.90. The zero-order valence-electron chi connectivity index (χ0n) is 8.64. The van der Waals surface area contributed by atoms with Crippen LogP contribution in [0.4, 0.5) is 0 Å². The molecule has 0 aliphatic rings. The third-order valence-corrected chi connectivity index (χ3v) is 3.85. The zero-order valence-corrected chi connectivity index (χ0v) is 11.0. The van der Waals surface area contributed by atoms with Gasteiger partial charge in [0.05, 0.1) is 22.1 Å². The van der Waals surface area contributed by atoms with Gasteiger partial charge in [-0.25, -0.2) is 4.98 Å². The molecular formula is C10H10BrClN2O. The number of benzene rings is 1. The molecule has 1 aromatic heterocycles. The van der Waals surface area contributed by atoms with Crippen LogP contribution in [-0.4, -0.2) is 16.7 Å². The van der Waals surface area contributed by atoms with Crippen molar-refractivity contribution in [3.05, 3.63) is 21.4 Å². The van der Waals surface area contributed by atoms with Gasteiger partial charge in [-0.2, -0.15) is 0 Å². The van der Waals surface area contributed by atoms with E-state index in [2.05, 4.69) is 20.9 Å². The minimum Gasteiger partial charge on any atom is -0.495 e. The number of methoxy groups -OCH3 is 1. The van der Waals surface area contributed by atoms with E-state index in [4.69, 9.17) is 16.3 Å². The normalized spacial score (nSPS) is 11.0. The summed E-state index contributed by atoms with van der Waals surface area (Å²) in [5.74, 6) is 1.64. The molecule has 3 nitrogen and oxygen atoms in total. The van der Waals surface area contributed by atoms with Crippen LogP contribution in [0.1, 0.15) is 5.82 Å². The van der Waals surface area contributed by atoms with Gasteiger partial charge in [-0.05, 0) is 22.9 Å². The molecule has 15 heavy (non-hydrogen) atoms. The lowest BCUT2D eigenvalue weighted by Crippen LogP contribution is -1.91. The van der Waals surface area contributed by atoms with E-state index in [0.29, 0.717) is 5.02 Å². The SMILES string of the molecule is COc1cc2c(nc(C)n2C)c(Cl)c1Br. The van der Waals surface area contributed by atoms with Crippen LogP contribution < -0.4 is 4.74 Å². The molecule has 0 atom stereocenters. The van der Waals surface area contributed by atoms with E-state index in [-0.39, 0.29) is 0 Å². The fraction of sp³-hybridized carbons (Fsp3) is 0.300. The van der Waals surface area contributed by atoms with Crippen molar-refractivity contribution < 1.29 is 4.74 Å². The highest BCUT2D eigenvalue weighted by Crippen LogP contribution is 2.38. The maximum Gasteiger partial charge on any atom is 0.136 e. The first-order valence-corrected chi connectivity index (χ1v) is 5.58. The van der Waals surface area contributed by atoms with Gasteiger partial charge in [0.1, 0.15) is 17.1 Å². The summed E-state index contributed by atoms with van der Waals surface area (Å²) >= 11 is 9.58. The third kappa shape index (κ3) is 1.52. The third-order valence-electron chi connectivity index (χ3n) is 2.47. The van der Waals surface area contributed by atoms with Gasteiger partial charge in [-0.3, -0.25) is 0 Å². The summed E-state index contributed by atoms with van der Waals surface area (Å²) in [5.41, 5.74) is 1.77. The molecule has 0 bridgehead atoms. The molecule has 0 N–H and O–H groups in total. The quantitative estimate of drug-likeness (QED) is 0.805. The maximum absolute atomic E-state index is 6.19. The van der Waals surface area contributed by atoms with Gasteiger partial charge in [-0.1, -0.05) is 11.6 Å². The van der Waals surface area contributed by atoms with Crippen molar-refractivity contribution in [1.29, 1.82) is 0 Å². The molecule has 0 saturated heterocycles. The number of nitrogens with zero attached hydrogens (tertiary/aromatic N) is 2. The predicted molar refractivity (Wildman–Crippen MR) is 64.7 cm³/mol. The topological polar surface area (TPSA) is 27.1 Å². The highest BCUT2D eigenvalue weighted by molar-refractivity contribution is 9.10. The predicted octanol–water partition coefficient (Wildman–Crippen LogP) is 3.31. The van der Waals surface area contributed by atoms with Crippen LogP contribution in [0.15, 0.2) is 10.5 Å². The summed E-state index contributed by atoms with van der Waals surface area (Å²) < 4.78 is 7.96. The Labute approximate surface area is 101 Å². The Kier molecular flexibility index (Phi) is 2.64. The fourth-order valence-electron chi connectivity index (χ4n) is 1.50. The fourth-order valence-corrected chi connectivity index (χ4v) is 2.20. The number of hydrogen-bond donors (Lipinski definition) is 0. The van der Waals surface area contributed by atoms with E-state index in [1.165, 1.54) is 0 Å². The second-order valence-corrected chi connectivity index (χ2v) is 4.46. The van der Waals surface area contributed by atoms with Gasteiger partial charge in [-0.15, -0.1) is 0 Å². The lowest BCUT2D eigenvalue weighted by molar-refractivity contribution is 0.412. The van der Waals surface area contributed by atoms with Crippen LogP contribution in [0.3, 0.4) is 0 Å². The van der Waals surface area contributed by atoms with Gasteiger partial charge < -0.3 is 9.30 Å². The van der Waals surface area contributed by atoms with Crippen LogP contribution in [0.25, 0.3) is 11.0 Å². The van der Waals surface area contributed by atoms with Crippen molar-refractivity contribution in [3.63, 3.8) is 0 Å². The number of rotatable bonds is 1. The number of aryl methyl sites for hydroxylation is 2. The molecule has 0 spiro atoms. The highest BCUT2D eigenvalue weighted by Gasteiger charge is 2.14. The van der Waals surface area contributed by atoms with Crippen molar-refractivity contribution in [3.8, 4) is 5.75 Å². The van der Waals surface area contributed by atoms with E-state index in [9.17, 15) is 0 Å². The van der Waals surface area contributed by atoms with Crippen LogP contribution in [0.5, 0.6) is 5.75 Å². The molecule has 0 saturated carbocycles. The number of ether oxygens (including phenoxy) is 1. The Morgan fingerprint density at radius 2 is 2.20 bits per heavy atom. The molecule has 0 fully saturated rings. The van der Waals surface area contributed by atoms with Crippen molar-refractivity contribution in [2.45, 2.75) is 6.92 Å². The van der Waals surface area contributed by atoms with E-state index >= 15 is 0 Å². The molecule has 80 valence electrons. The molecule has 5 heteroatoms. The largest absolute Gasteiger partial charge is 0.495 e. The summed E-state index contributed by atoms with van der Waals surface area (Å²) in [4.78, 5) is 4.39. The minimum absolute atomic E-state index is 0.591. The minimum atomic E-state index is 0.591. The molecule has 2 rings (SSSR count). The molecule has 0 unspecified atom stereocenters. The number of hydrogen-bond acceptors (Lipinski definition) is 2. The Morgan fingerprint density at radius 1 is 1.53 bits per heavy atom. The van der Waals surface area contributed by atoms with E-state index in [1.807, 2.05) is 24.6 Å². The molecule has 1 aromatic carbocycles. The number of fused-ring (bicyclic) bond motifs is 1. The van der Waals surface area contributed by atoms with Crippen LogP contribution in [-0.2, 0) is 7.05 Å². The van der Waals surface area contributed by atoms with Crippen LogP contribution in [0, 0.1) is 6.92 Å². The number of imidazole rings is 1. The summed E-state index contributed by atoms with van der Waals surface area (Å²) in [5, 5.41) is 0.591. The lowest BCUT2D eigenvalue weighted by Gasteiger charge is -2.06. The summed E-state index contributed by atoms with van der Waals surface area (Å²) in [7, 11) is 3.57. The van der Waals surface area contributed by atoms with Crippen molar-refractivity contribution >= 4 is 38.6 Å². The van der Waals surface area contributed by atoms with Crippen LogP contribution in [0.2, 0.25) is 5.02 Å². The number of halogens is 2. The summed E-state index contributed by atoms with van der Waals surface area (Å²) in [6, 6.07) is 1.92. The standard InChI is InChI=1S/C10H10BrClN2O/c1-5-13-10-6(14(5)2)4-7(15-3)8(11)9(10)12/h4H,1-3H3. The molecule has 2 aromatic rings. The van der Waals surface area contributed by atoms with E-state index in [1.54, 1.807) is 7.11 Å². The first-order valence-electron chi connectivity index (χ1n) is 4.41. The van der Waals surface area contributed by atoms with Gasteiger partial charge in [0, 0.05) is 13.1 Å². The van der Waals surface area contributed by atoms with Gasteiger partial charge in [0.15, 0.2) is 0 Å². The van der Waals surface area contributed by atoms with Crippen molar-refractivity contribution in [1.82, 2.24) is 9.55 Å².